The van der Waals surface area contributed by atoms with Gasteiger partial charge in [-0.1, -0.05) is 24.3 Å². The van der Waals surface area contributed by atoms with Crippen LogP contribution in [-0.2, 0) is 24.7 Å². The SMILES string of the molecule is Cn1cc(CCC(=O)NC[C@H]2SCCc3ccccc32)cn1. The lowest BCUT2D eigenvalue weighted by Gasteiger charge is -2.25. The Morgan fingerprint density at radius 1 is 1.45 bits per heavy atom. The molecule has 0 radical (unpaired) electrons. The number of benzene rings is 1. The molecular weight excluding hydrogens is 294 g/mol. The zero-order valence-electron chi connectivity index (χ0n) is 12.8. The standard InChI is InChI=1S/C17H21N3OS/c1-20-12-13(10-19-20)6-7-17(21)18-11-16-15-5-3-2-4-14(15)8-9-22-16/h2-5,10,12,16H,6-9,11H2,1H3,(H,18,21)/t16-/m1/s1. The summed E-state index contributed by atoms with van der Waals surface area (Å²) in [5, 5.41) is 7.59. The fraction of sp³-hybridized carbons (Fsp3) is 0.412. The highest BCUT2D eigenvalue weighted by Gasteiger charge is 2.20. The summed E-state index contributed by atoms with van der Waals surface area (Å²) in [6, 6.07) is 8.57. The van der Waals surface area contributed by atoms with Gasteiger partial charge in [0.1, 0.15) is 0 Å². The van der Waals surface area contributed by atoms with Crippen LogP contribution in [0.5, 0.6) is 0 Å². The van der Waals surface area contributed by atoms with Crippen molar-refractivity contribution in [3.05, 3.63) is 53.3 Å². The van der Waals surface area contributed by atoms with E-state index in [2.05, 4.69) is 34.7 Å². The van der Waals surface area contributed by atoms with Gasteiger partial charge in [0, 0.05) is 31.5 Å². The number of amides is 1. The highest BCUT2D eigenvalue weighted by molar-refractivity contribution is 7.99. The van der Waals surface area contributed by atoms with Crippen molar-refractivity contribution in [1.29, 1.82) is 0 Å². The number of aryl methyl sites for hydroxylation is 3. The van der Waals surface area contributed by atoms with Crippen LogP contribution in [-0.4, -0.2) is 28.0 Å². The Bertz CT molecular complexity index is 653. The molecule has 1 aliphatic rings. The average Bonchev–Trinajstić information content (AvgIpc) is 2.96. The van der Waals surface area contributed by atoms with Crippen LogP contribution in [0.1, 0.15) is 28.4 Å². The van der Waals surface area contributed by atoms with Crippen molar-refractivity contribution in [2.24, 2.45) is 7.05 Å². The topological polar surface area (TPSA) is 46.9 Å². The van der Waals surface area contributed by atoms with E-state index in [1.54, 1.807) is 4.68 Å². The largest absolute Gasteiger partial charge is 0.355 e. The normalized spacial score (nSPS) is 17.0. The number of nitrogens with zero attached hydrogens (tertiary/aromatic N) is 2. The second-order valence-electron chi connectivity index (χ2n) is 5.63. The summed E-state index contributed by atoms with van der Waals surface area (Å²) in [6.45, 7) is 0.716. The minimum Gasteiger partial charge on any atom is -0.355 e. The van der Waals surface area contributed by atoms with Gasteiger partial charge in [0.2, 0.25) is 5.91 Å². The van der Waals surface area contributed by atoms with Crippen molar-refractivity contribution >= 4 is 17.7 Å². The molecule has 0 saturated carbocycles. The molecule has 116 valence electrons. The molecule has 3 rings (SSSR count). The molecule has 1 aromatic heterocycles. The Hall–Kier alpha value is -1.75. The number of rotatable bonds is 5. The molecule has 22 heavy (non-hydrogen) atoms. The van der Waals surface area contributed by atoms with Gasteiger partial charge in [-0.3, -0.25) is 9.48 Å². The number of carbonyl (C=O) groups is 1. The minimum absolute atomic E-state index is 0.118. The highest BCUT2D eigenvalue weighted by atomic mass is 32.2. The van der Waals surface area contributed by atoms with Crippen LogP contribution < -0.4 is 5.32 Å². The third-order valence-corrected chi connectivity index (χ3v) is 5.24. The Balaban J connectivity index is 1.49. The van der Waals surface area contributed by atoms with Gasteiger partial charge in [0.05, 0.1) is 6.20 Å². The van der Waals surface area contributed by atoms with E-state index in [-0.39, 0.29) is 5.91 Å². The molecule has 5 heteroatoms. The van der Waals surface area contributed by atoms with Crippen LogP contribution in [0.3, 0.4) is 0 Å². The molecule has 0 fully saturated rings. The van der Waals surface area contributed by atoms with Crippen molar-refractivity contribution in [3.63, 3.8) is 0 Å². The first-order valence-corrected chi connectivity index (χ1v) is 8.71. The zero-order valence-corrected chi connectivity index (χ0v) is 13.6. The quantitative estimate of drug-likeness (QED) is 0.922. The van der Waals surface area contributed by atoms with E-state index in [9.17, 15) is 4.79 Å². The first kappa shape index (κ1) is 15.2. The van der Waals surface area contributed by atoms with Gasteiger partial charge in [0.25, 0.3) is 0 Å². The van der Waals surface area contributed by atoms with Gasteiger partial charge in [-0.05, 0) is 35.3 Å². The van der Waals surface area contributed by atoms with Crippen LogP contribution in [0.25, 0.3) is 0 Å². The number of thioether (sulfide) groups is 1. The molecule has 1 aliphatic heterocycles. The van der Waals surface area contributed by atoms with Gasteiger partial charge in [-0.25, -0.2) is 0 Å². The van der Waals surface area contributed by atoms with Gasteiger partial charge >= 0.3 is 0 Å². The summed E-state index contributed by atoms with van der Waals surface area (Å²) in [4.78, 5) is 12.0. The molecule has 1 N–H and O–H groups in total. The highest BCUT2D eigenvalue weighted by Crippen LogP contribution is 2.35. The van der Waals surface area contributed by atoms with Crippen LogP contribution in [0.15, 0.2) is 36.7 Å². The molecule has 0 unspecified atom stereocenters. The van der Waals surface area contributed by atoms with Gasteiger partial charge < -0.3 is 5.32 Å². The molecular formula is C17H21N3OS. The molecule has 2 heterocycles. The summed E-state index contributed by atoms with van der Waals surface area (Å²) in [7, 11) is 1.89. The predicted octanol–water partition coefficient (Wildman–Crippen LogP) is 2.50. The molecule has 1 aromatic carbocycles. The van der Waals surface area contributed by atoms with Crippen molar-refractivity contribution < 1.29 is 4.79 Å². The summed E-state index contributed by atoms with van der Waals surface area (Å²) < 4.78 is 1.77. The number of hydrogen-bond donors (Lipinski definition) is 1. The van der Waals surface area contributed by atoms with Crippen LogP contribution in [0.4, 0.5) is 0 Å². The van der Waals surface area contributed by atoms with Gasteiger partial charge in [-0.15, -0.1) is 0 Å². The maximum Gasteiger partial charge on any atom is 0.220 e. The second-order valence-corrected chi connectivity index (χ2v) is 6.95. The molecule has 0 spiro atoms. The number of hydrogen-bond acceptors (Lipinski definition) is 3. The van der Waals surface area contributed by atoms with E-state index in [0.717, 1.165) is 24.2 Å². The Morgan fingerprint density at radius 2 is 2.32 bits per heavy atom. The Labute approximate surface area is 135 Å². The van der Waals surface area contributed by atoms with E-state index in [0.29, 0.717) is 18.2 Å². The van der Waals surface area contributed by atoms with Crippen molar-refractivity contribution in [2.45, 2.75) is 24.5 Å². The minimum atomic E-state index is 0.118. The molecule has 0 bridgehead atoms. The fourth-order valence-electron chi connectivity index (χ4n) is 2.80. The fourth-order valence-corrected chi connectivity index (χ4v) is 4.03. The lowest BCUT2D eigenvalue weighted by molar-refractivity contribution is -0.121. The van der Waals surface area contributed by atoms with Crippen LogP contribution >= 0.6 is 11.8 Å². The number of fused-ring (bicyclic) bond motifs is 1. The number of carbonyl (C=O) groups excluding carboxylic acids is 1. The van der Waals surface area contributed by atoms with Crippen LogP contribution in [0, 0.1) is 0 Å². The van der Waals surface area contributed by atoms with E-state index in [4.69, 9.17) is 0 Å². The van der Waals surface area contributed by atoms with E-state index in [1.807, 2.05) is 31.2 Å². The average molecular weight is 315 g/mol. The summed E-state index contributed by atoms with van der Waals surface area (Å²) in [5.41, 5.74) is 3.91. The smallest absolute Gasteiger partial charge is 0.220 e. The van der Waals surface area contributed by atoms with Crippen molar-refractivity contribution in [3.8, 4) is 0 Å². The van der Waals surface area contributed by atoms with Crippen LogP contribution in [0.2, 0.25) is 0 Å². The van der Waals surface area contributed by atoms with E-state index in [1.165, 1.54) is 11.1 Å². The molecule has 1 atom stereocenters. The first-order valence-electron chi connectivity index (χ1n) is 7.66. The molecule has 1 amide bonds. The number of nitrogens with one attached hydrogen (secondary N) is 1. The van der Waals surface area contributed by atoms with E-state index >= 15 is 0 Å². The predicted molar refractivity (Wildman–Crippen MR) is 89.9 cm³/mol. The molecule has 4 nitrogen and oxygen atoms in total. The second kappa shape index (κ2) is 7.01. The van der Waals surface area contributed by atoms with Crippen molar-refractivity contribution in [2.75, 3.05) is 12.3 Å². The Morgan fingerprint density at radius 3 is 3.14 bits per heavy atom. The molecule has 0 aliphatic carbocycles. The van der Waals surface area contributed by atoms with Gasteiger partial charge in [-0.2, -0.15) is 16.9 Å². The third kappa shape index (κ3) is 3.71. The summed E-state index contributed by atoms with van der Waals surface area (Å²) >= 11 is 1.94. The maximum atomic E-state index is 12.0. The zero-order chi connectivity index (χ0) is 15.4. The molecule has 2 aromatic rings. The summed E-state index contributed by atoms with van der Waals surface area (Å²) in [6.07, 6.45) is 6.17. The summed E-state index contributed by atoms with van der Waals surface area (Å²) in [5.74, 6) is 1.25. The Kier molecular flexibility index (Phi) is 4.83. The van der Waals surface area contributed by atoms with Crippen molar-refractivity contribution in [1.82, 2.24) is 15.1 Å². The lowest BCUT2D eigenvalue weighted by atomic mass is 10.0. The van der Waals surface area contributed by atoms with E-state index < -0.39 is 0 Å². The first-order chi connectivity index (χ1) is 10.7. The monoisotopic (exact) mass is 315 g/mol. The van der Waals surface area contributed by atoms with Gasteiger partial charge in [0.15, 0.2) is 0 Å². The number of aromatic nitrogens is 2. The third-order valence-electron chi connectivity index (χ3n) is 3.98. The lowest BCUT2D eigenvalue weighted by Crippen LogP contribution is -2.29. The maximum absolute atomic E-state index is 12.0. The molecule has 0 saturated heterocycles.